The van der Waals surface area contributed by atoms with Crippen molar-refractivity contribution in [2.24, 2.45) is 0 Å². The lowest BCUT2D eigenvalue weighted by Crippen LogP contribution is -2.22. The van der Waals surface area contributed by atoms with Gasteiger partial charge in [-0.05, 0) is 30.3 Å². The number of nitrogens with zero attached hydrogens (tertiary/aromatic N) is 1. The SMILES string of the molecule is CN(C)S(=O)(=O)c1ccc(Cl)c(C(=O)OCCOc2ccccc2Cl)c1. The van der Waals surface area contributed by atoms with E-state index in [2.05, 4.69) is 0 Å². The van der Waals surface area contributed by atoms with Crippen molar-refractivity contribution in [1.29, 1.82) is 0 Å². The fraction of sp³-hybridized carbons (Fsp3) is 0.235. The summed E-state index contributed by atoms with van der Waals surface area (Å²) in [6.07, 6.45) is 0. The average Bonchev–Trinajstić information content (AvgIpc) is 2.60. The number of esters is 1. The zero-order valence-corrected chi connectivity index (χ0v) is 16.4. The van der Waals surface area contributed by atoms with E-state index in [0.717, 1.165) is 4.31 Å². The normalized spacial score (nSPS) is 11.4. The van der Waals surface area contributed by atoms with Crippen LogP contribution >= 0.6 is 23.2 Å². The molecule has 26 heavy (non-hydrogen) atoms. The third kappa shape index (κ3) is 4.88. The molecule has 0 aliphatic carbocycles. The lowest BCUT2D eigenvalue weighted by Gasteiger charge is -2.13. The second-order valence-corrected chi connectivity index (χ2v) is 8.31. The van der Waals surface area contributed by atoms with Gasteiger partial charge in [0.05, 0.1) is 20.5 Å². The maximum Gasteiger partial charge on any atom is 0.339 e. The summed E-state index contributed by atoms with van der Waals surface area (Å²) < 4.78 is 35.9. The number of halogens is 2. The van der Waals surface area contributed by atoms with Gasteiger partial charge in [0.2, 0.25) is 10.0 Å². The average molecular weight is 418 g/mol. The van der Waals surface area contributed by atoms with E-state index < -0.39 is 16.0 Å². The van der Waals surface area contributed by atoms with E-state index in [1.807, 2.05) is 0 Å². The van der Waals surface area contributed by atoms with Crippen LogP contribution in [0, 0.1) is 0 Å². The summed E-state index contributed by atoms with van der Waals surface area (Å²) in [6, 6.07) is 10.8. The van der Waals surface area contributed by atoms with Crippen LogP contribution in [0.5, 0.6) is 5.75 Å². The second-order valence-electron chi connectivity index (χ2n) is 5.34. The molecular weight excluding hydrogens is 401 g/mol. The first-order valence-electron chi connectivity index (χ1n) is 7.50. The highest BCUT2D eigenvalue weighted by Crippen LogP contribution is 2.24. The quantitative estimate of drug-likeness (QED) is 0.509. The fourth-order valence-corrected chi connectivity index (χ4v) is 3.27. The molecule has 0 amide bonds. The molecule has 0 aliphatic heterocycles. The van der Waals surface area contributed by atoms with Crippen LogP contribution in [0.1, 0.15) is 10.4 Å². The molecule has 9 heteroatoms. The highest BCUT2D eigenvalue weighted by molar-refractivity contribution is 7.89. The van der Waals surface area contributed by atoms with Crippen molar-refractivity contribution in [2.75, 3.05) is 27.3 Å². The number of rotatable bonds is 7. The molecule has 0 radical (unpaired) electrons. The zero-order valence-electron chi connectivity index (χ0n) is 14.1. The van der Waals surface area contributed by atoms with E-state index in [1.54, 1.807) is 24.3 Å². The van der Waals surface area contributed by atoms with E-state index in [1.165, 1.54) is 32.3 Å². The number of hydrogen-bond donors (Lipinski definition) is 0. The van der Waals surface area contributed by atoms with Gasteiger partial charge in [-0.2, -0.15) is 0 Å². The molecule has 0 heterocycles. The predicted molar refractivity (Wildman–Crippen MR) is 99.6 cm³/mol. The van der Waals surface area contributed by atoms with Crippen LogP contribution in [0.2, 0.25) is 10.0 Å². The third-order valence-electron chi connectivity index (χ3n) is 3.35. The number of ether oxygens (including phenoxy) is 2. The number of hydrogen-bond acceptors (Lipinski definition) is 5. The molecule has 2 rings (SSSR count). The Morgan fingerprint density at radius 3 is 2.38 bits per heavy atom. The lowest BCUT2D eigenvalue weighted by atomic mass is 10.2. The number of sulfonamides is 1. The van der Waals surface area contributed by atoms with Crippen LogP contribution in [-0.2, 0) is 14.8 Å². The van der Waals surface area contributed by atoms with Gasteiger partial charge in [-0.25, -0.2) is 17.5 Å². The van der Waals surface area contributed by atoms with E-state index in [0.29, 0.717) is 10.8 Å². The zero-order chi connectivity index (χ0) is 19.3. The van der Waals surface area contributed by atoms with Gasteiger partial charge >= 0.3 is 5.97 Å². The van der Waals surface area contributed by atoms with Crippen molar-refractivity contribution in [3.63, 3.8) is 0 Å². The minimum atomic E-state index is -3.69. The maximum atomic E-state index is 12.2. The van der Waals surface area contributed by atoms with Crippen molar-refractivity contribution in [3.05, 3.63) is 58.1 Å². The first kappa shape index (κ1) is 20.5. The summed E-state index contributed by atoms with van der Waals surface area (Å²) >= 11 is 11.9. The Hall–Kier alpha value is -1.80. The Morgan fingerprint density at radius 2 is 1.73 bits per heavy atom. The fourth-order valence-electron chi connectivity index (χ4n) is 1.96. The minimum absolute atomic E-state index is 0.0349. The van der Waals surface area contributed by atoms with Gasteiger partial charge in [-0.1, -0.05) is 35.3 Å². The van der Waals surface area contributed by atoms with E-state index in [-0.39, 0.29) is 28.7 Å². The molecule has 0 spiro atoms. The Morgan fingerprint density at radius 1 is 1.04 bits per heavy atom. The standard InChI is InChI=1S/C17H17Cl2NO5S/c1-20(2)26(22,23)12-7-8-14(18)13(11-12)17(21)25-10-9-24-16-6-4-3-5-15(16)19/h3-8,11H,9-10H2,1-2H3. The monoisotopic (exact) mass is 417 g/mol. The van der Waals surface area contributed by atoms with Crippen LogP contribution in [0.3, 0.4) is 0 Å². The molecule has 0 saturated carbocycles. The summed E-state index contributed by atoms with van der Waals surface area (Å²) in [6.45, 7) is 0.0355. The summed E-state index contributed by atoms with van der Waals surface area (Å²) in [5.74, 6) is -0.268. The van der Waals surface area contributed by atoms with Crippen molar-refractivity contribution in [2.45, 2.75) is 4.90 Å². The molecular formula is C17H17Cl2NO5S. The van der Waals surface area contributed by atoms with Gasteiger partial charge in [0, 0.05) is 14.1 Å². The van der Waals surface area contributed by atoms with Crippen LogP contribution in [0.15, 0.2) is 47.4 Å². The van der Waals surface area contributed by atoms with Crippen LogP contribution in [0.25, 0.3) is 0 Å². The van der Waals surface area contributed by atoms with E-state index in [4.69, 9.17) is 32.7 Å². The van der Waals surface area contributed by atoms with Gasteiger partial charge < -0.3 is 9.47 Å². The Labute approximate surface area is 162 Å². The summed E-state index contributed by atoms with van der Waals surface area (Å²) in [5.41, 5.74) is -0.0349. The van der Waals surface area contributed by atoms with Gasteiger partial charge in [-0.3, -0.25) is 0 Å². The highest BCUT2D eigenvalue weighted by atomic mass is 35.5. The lowest BCUT2D eigenvalue weighted by molar-refractivity contribution is 0.0450. The highest BCUT2D eigenvalue weighted by Gasteiger charge is 2.21. The molecule has 0 bridgehead atoms. The topological polar surface area (TPSA) is 72.9 Å². The number of para-hydroxylation sites is 1. The van der Waals surface area contributed by atoms with Crippen LogP contribution in [-0.4, -0.2) is 46.0 Å². The van der Waals surface area contributed by atoms with Crippen molar-refractivity contribution in [1.82, 2.24) is 4.31 Å². The minimum Gasteiger partial charge on any atom is -0.488 e. The summed E-state index contributed by atoms with van der Waals surface area (Å²) in [4.78, 5) is 12.1. The number of benzene rings is 2. The Balaban J connectivity index is 2.02. The van der Waals surface area contributed by atoms with Crippen molar-refractivity contribution in [3.8, 4) is 5.75 Å². The second kappa shape index (κ2) is 8.73. The van der Waals surface area contributed by atoms with E-state index >= 15 is 0 Å². The van der Waals surface area contributed by atoms with E-state index in [9.17, 15) is 13.2 Å². The first-order valence-corrected chi connectivity index (χ1v) is 9.69. The molecule has 2 aromatic rings. The maximum absolute atomic E-state index is 12.2. The summed E-state index contributed by atoms with van der Waals surface area (Å²) in [7, 11) is -0.894. The predicted octanol–water partition coefficient (Wildman–Crippen LogP) is 3.48. The summed E-state index contributed by atoms with van der Waals surface area (Å²) in [5, 5.41) is 0.545. The molecule has 0 fully saturated rings. The Kier molecular flexibility index (Phi) is 6.88. The molecule has 0 unspecified atom stereocenters. The van der Waals surface area contributed by atoms with Crippen molar-refractivity contribution >= 4 is 39.2 Å². The van der Waals surface area contributed by atoms with Crippen LogP contribution in [0.4, 0.5) is 0 Å². The molecule has 0 N–H and O–H groups in total. The van der Waals surface area contributed by atoms with Gasteiger partial charge in [-0.15, -0.1) is 0 Å². The third-order valence-corrected chi connectivity index (χ3v) is 5.80. The largest absolute Gasteiger partial charge is 0.488 e. The van der Waals surface area contributed by atoms with Crippen LogP contribution < -0.4 is 4.74 Å². The molecule has 0 aromatic heterocycles. The van der Waals surface area contributed by atoms with Gasteiger partial charge in [0.1, 0.15) is 19.0 Å². The smallest absolute Gasteiger partial charge is 0.339 e. The molecule has 0 atom stereocenters. The van der Waals surface area contributed by atoms with Crippen molar-refractivity contribution < 1.29 is 22.7 Å². The molecule has 0 aliphatic rings. The number of carbonyl (C=O) groups excluding carboxylic acids is 1. The molecule has 6 nitrogen and oxygen atoms in total. The molecule has 0 saturated heterocycles. The Bertz CT molecular complexity index is 900. The first-order chi connectivity index (χ1) is 12.2. The van der Waals surface area contributed by atoms with Gasteiger partial charge in [0.25, 0.3) is 0 Å². The molecule has 2 aromatic carbocycles. The van der Waals surface area contributed by atoms with Gasteiger partial charge in [0.15, 0.2) is 0 Å². The number of carbonyl (C=O) groups is 1. The molecule has 140 valence electrons.